The van der Waals surface area contributed by atoms with Crippen molar-refractivity contribution in [3.8, 4) is 0 Å². The predicted octanol–water partition coefficient (Wildman–Crippen LogP) is 3.12. The molecule has 0 atom stereocenters. The minimum Gasteiger partial charge on any atom is -0.325 e. The van der Waals surface area contributed by atoms with E-state index in [1.165, 1.54) is 0 Å². The van der Waals surface area contributed by atoms with Gasteiger partial charge in [-0.25, -0.2) is 0 Å². The van der Waals surface area contributed by atoms with Crippen LogP contribution in [0, 0.1) is 0 Å². The molecule has 0 spiro atoms. The van der Waals surface area contributed by atoms with Crippen LogP contribution in [0.2, 0.25) is 10.0 Å². The Bertz CT molecular complexity index is 590. The van der Waals surface area contributed by atoms with E-state index in [4.69, 9.17) is 23.2 Å². The van der Waals surface area contributed by atoms with Gasteiger partial charge in [0.2, 0.25) is 5.91 Å². The Balaban J connectivity index is 1.79. The Morgan fingerprint density at radius 2 is 2.00 bits per heavy atom. The first-order chi connectivity index (χ1) is 9.65. The van der Waals surface area contributed by atoms with Crippen molar-refractivity contribution in [3.63, 3.8) is 0 Å². The van der Waals surface area contributed by atoms with Crippen LogP contribution in [0.4, 0.5) is 5.69 Å². The van der Waals surface area contributed by atoms with Gasteiger partial charge in [0.1, 0.15) is 0 Å². The number of anilines is 1. The fourth-order valence-corrected chi connectivity index (χ4v) is 1.88. The predicted molar refractivity (Wildman–Crippen MR) is 81.0 cm³/mol. The van der Waals surface area contributed by atoms with Gasteiger partial charge in [-0.2, -0.15) is 0 Å². The van der Waals surface area contributed by atoms with E-state index >= 15 is 0 Å². The molecule has 20 heavy (non-hydrogen) atoms. The van der Waals surface area contributed by atoms with Crippen molar-refractivity contribution < 1.29 is 4.79 Å². The first-order valence-corrected chi connectivity index (χ1v) is 6.76. The zero-order valence-corrected chi connectivity index (χ0v) is 12.1. The number of aromatic nitrogens is 1. The summed E-state index contributed by atoms with van der Waals surface area (Å²) in [6, 6.07) is 10.6. The highest BCUT2D eigenvalue weighted by Gasteiger charge is 2.04. The lowest BCUT2D eigenvalue weighted by molar-refractivity contribution is -0.115. The SMILES string of the molecule is O=C(CNCc1ccccn1)Nc1ccc(Cl)c(Cl)c1. The van der Waals surface area contributed by atoms with Crippen LogP contribution in [0.1, 0.15) is 5.69 Å². The van der Waals surface area contributed by atoms with E-state index in [1.54, 1.807) is 24.4 Å². The van der Waals surface area contributed by atoms with E-state index in [9.17, 15) is 4.79 Å². The molecule has 0 bridgehead atoms. The summed E-state index contributed by atoms with van der Waals surface area (Å²) in [6.45, 7) is 0.729. The molecule has 0 aliphatic rings. The highest BCUT2D eigenvalue weighted by Crippen LogP contribution is 2.24. The number of hydrogen-bond donors (Lipinski definition) is 2. The van der Waals surface area contributed by atoms with Crippen molar-refractivity contribution in [1.29, 1.82) is 0 Å². The second kappa shape index (κ2) is 7.24. The van der Waals surface area contributed by atoms with E-state index in [1.807, 2.05) is 18.2 Å². The number of nitrogens with zero attached hydrogens (tertiary/aromatic N) is 1. The fourth-order valence-electron chi connectivity index (χ4n) is 1.59. The number of nitrogens with one attached hydrogen (secondary N) is 2. The highest BCUT2D eigenvalue weighted by atomic mass is 35.5. The summed E-state index contributed by atoms with van der Waals surface area (Å²) in [7, 11) is 0. The zero-order valence-electron chi connectivity index (χ0n) is 10.6. The molecule has 1 aromatic heterocycles. The zero-order chi connectivity index (χ0) is 14.4. The summed E-state index contributed by atoms with van der Waals surface area (Å²) < 4.78 is 0. The highest BCUT2D eigenvalue weighted by molar-refractivity contribution is 6.42. The third-order valence-corrected chi connectivity index (χ3v) is 3.26. The Kier molecular flexibility index (Phi) is 5.35. The van der Waals surface area contributed by atoms with Crippen LogP contribution in [0.25, 0.3) is 0 Å². The summed E-state index contributed by atoms with van der Waals surface area (Å²) in [5.41, 5.74) is 1.50. The molecule has 2 aromatic rings. The summed E-state index contributed by atoms with van der Waals surface area (Å²) in [4.78, 5) is 15.9. The molecule has 0 radical (unpaired) electrons. The van der Waals surface area contributed by atoms with Crippen LogP contribution in [0.3, 0.4) is 0 Å². The van der Waals surface area contributed by atoms with Crippen molar-refractivity contribution in [1.82, 2.24) is 10.3 Å². The molecular formula is C14H13Cl2N3O. The first kappa shape index (κ1) is 14.8. The molecule has 2 rings (SSSR count). The molecule has 0 unspecified atom stereocenters. The number of carbonyl (C=O) groups is 1. The number of hydrogen-bond acceptors (Lipinski definition) is 3. The monoisotopic (exact) mass is 309 g/mol. The van der Waals surface area contributed by atoms with Crippen LogP contribution in [-0.2, 0) is 11.3 Å². The molecule has 1 aromatic carbocycles. The molecule has 104 valence electrons. The van der Waals surface area contributed by atoms with E-state index in [-0.39, 0.29) is 12.5 Å². The molecule has 0 aliphatic heterocycles. The van der Waals surface area contributed by atoms with Crippen LogP contribution >= 0.6 is 23.2 Å². The molecule has 0 saturated carbocycles. The lowest BCUT2D eigenvalue weighted by Gasteiger charge is -2.07. The van der Waals surface area contributed by atoms with E-state index < -0.39 is 0 Å². The maximum atomic E-state index is 11.7. The second-order valence-electron chi connectivity index (χ2n) is 4.10. The minimum absolute atomic E-state index is 0.153. The van der Waals surface area contributed by atoms with Crippen molar-refractivity contribution in [2.75, 3.05) is 11.9 Å². The van der Waals surface area contributed by atoms with Crippen LogP contribution in [0.5, 0.6) is 0 Å². The number of benzene rings is 1. The Labute approximate surface area is 127 Å². The number of pyridine rings is 1. The van der Waals surface area contributed by atoms with Gasteiger partial charge in [0.15, 0.2) is 0 Å². The molecular weight excluding hydrogens is 297 g/mol. The minimum atomic E-state index is -0.153. The molecule has 4 nitrogen and oxygen atoms in total. The van der Waals surface area contributed by atoms with Gasteiger partial charge in [-0.05, 0) is 30.3 Å². The smallest absolute Gasteiger partial charge is 0.238 e. The average Bonchev–Trinajstić information content (AvgIpc) is 2.44. The molecule has 1 amide bonds. The van der Waals surface area contributed by atoms with Gasteiger partial charge >= 0.3 is 0 Å². The van der Waals surface area contributed by atoms with Gasteiger partial charge < -0.3 is 10.6 Å². The third kappa shape index (κ3) is 4.49. The van der Waals surface area contributed by atoms with E-state index in [2.05, 4.69) is 15.6 Å². The molecule has 0 fully saturated rings. The molecule has 0 aliphatic carbocycles. The normalized spacial score (nSPS) is 10.3. The molecule has 2 N–H and O–H groups in total. The maximum absolute atomic E-state index is 11.7. The van der Waals surface area contributed by atoms with Gasteiger partial charge in [0.25, 0.3) is 0 Å². The molecule has 0 saturated heterocycles. The summed E-state index contributed by atoms with van der Waals surface area (Å²) in [5, 5.41) is 6.61. The molecule has 6 heteroatoms. The van der Waals surface area contributed by atoms with E-state index in [0.717, 1.165) is 5.69 Å². The van der Waals surface area contributed by atoms with Crippen LogP contribution in [0.15, 0.2) is 42.6 Å². The number of halogens is 2. The van der Waals surface area contributed by atoms with Crippen LogP contribution < -0.4 is 10.6 Å². The van der Waals surface area contributed by atoms with E-state index in [0.29, 0.717) is 22.3 Å². The first-order valence-electron chi connectivity index (χ1n) is 6.00. The van der Waals surface area contributed by atoms with Crippen molar-refractivity contribution >= 4 is 34.8 Å². The van der Waals surface area contributed by atoms with Crippen molar-refractivity contribution in [2.45, 2.75) is 6.54 Å². The number of amides is 1. The second-order valence-corrected chi connectivity index (χ2v) is 4.92. The topological polar surface area (TPSA) is 54.0 Å². The quantitative estimate of drug-likeness (QED) is 0.892. The van der Waals surface area contributed by atoms with Gasteiger partial charge in [-0.3, -0.25) is 9.78 Å². The maximum Gasteiger partial charge on any atom is 0.238 e. The van der Waals surface area contributed by atoms with Crippen LogP contribution in [-0.4, -0.2) is 17.4 Å². The van der Waals surface area contributed by atoms with Gasteiger partial charge in [-0.1, -0.05) is 29.3 Å². The Morgan fingerprint density at radius 1 is 1.15 bits per heavy atom. The number of rotatable bonds is 5. The Hall–Kier alpha value is -1.62. The molecule has 1 heterocycles. The summed E-state index contributed by atoms with van der Waals surface area (Å²) >= 11 is 11.7. The lowest BCUT2D eigenvalue weighted by Crippen LogP contribution is -2.27. The summed E-state index contributed by atoms with van der Waals surface area (Å²) in [5.74, 6) is -0.153. The number of carbonyl (C=O) groups excluding carboxylic acids is 1. The standard InChI is InChI=1S/C14H13Cl2N3O/c15-12-5-4-10(7-13(12)16)19-14(20)9-17-8-11-3-1-2-6-18-11/h1-7,17H,8-9H2,(H,19,20). The van der Waals surface area contributed by atoms with Crippen molar-refractivity contribution in [3.05, 3.63) is 58.3 Å². The van der Waals surface area contributed by atoms with Gasteiger partial charge in [0.05, 0.1) is 22.3 Å². The Morgan fingerprint density at radius 3 is 2.70 bits per heavy atom. The van der Waals surface area contributed by atoms with Gasteiger partial charge in [-0.15, -0.1) is 0 Å². The summed E-state index contributed by atoms with van der Waals surface area (Å²) in [6.07, 6.45) is 1.72. The fraction of sp³-hybridized carbons (Fsp3) is 0.143. The third-order valence-electron chi connectivity index (χ3n) is 2.52. The average molecular weight is 310 g/mol. The largest absolute Gasteiger partial charge is 0.325 e. The van der Waals surface area contributed by atoms with Gasteiger partial charge in [0, 0.05) is 18.4 Å². The van der Waals surface area contributed by atoms with Crippen molar-refractivity contribution in [2.24, 2.45) is 0 Å². The lowest BCUT2D eigenvalue weighted by atomic mass is 10.3.